The lowest BCUT2D eigenvalue weighted by Gasteiger charge is -2.11. The second-order valence-electron chi connectivity index (χ2n) is 5.51. The zero-order chi connectivity index (χ0) is 17.2. The number of aromatic nitrogens is 2. The van der Waals surface area contributed by atoms with Gasteiger partial charge in [0.15, 0.2) is 11.5 Å². The van der Waals surface area contributed by atoms with E-state index in [0.717, 1.165) is 27.3 Å². The van der Waals surface area contributed by atoms with Gasteiger partial charge in [0.25, 0.3) is 0 Å². The molecule has 0 unspecified atom stereocenters. The number of benzene rings is 2. The van der Waals surface area contributed by atoms with Crippen molar-refractivity contribution in [2.24, 2.45) is 0 Å². The van der Waals surface area contributed by atoms with Crippen LogP contribution in [0.4, 0.5) is 23.0 Å². The molecule has 3 aromatic rings. The van der Waals surface area contributed by atoms with Crippen molar-refractivity contribution in [2.45, 2.75) is 6.92 Å². The summed E-state index contributed by atoms with van der Waals surface area (Å²) >= 11 is 3.47. The molecule has 4 rings (SSSR count). The van der Waals surface area contributed by atoms with Gasteiger partial charge < -0.3 is 20.1 Å². The fourth-order valence-corrected chi connectivity index (χ4v) is 2.93. The fourth-order valence-electron chi connectivity index (χ4n) is 2.53. The van der Waals surface area contributed by atoms with Crippen LogP contribution < -0.4 is 20.1 Å². The maximum Gasteiger partial charge on any atom is 0.231 e. The van der Waals surface area contributed by atoms with E-state index in [9.17, 15) is 0 Å². The van der Waals surface area contributed by atoms with Gasteiger partial charge in [-0.25, -0.2) is 9.97 Å². The minimum Gasteiger partial charge on any atom is -0.454 e. The van der Waals surface area contributed by atoms with Crippen LogP contribution in [0.25, 0.3) is 0 Å². The molecule has 0 aliphatic carbocycles. The Morgan fingerprint density at radius 1 is 0.880 bits per heavy atom. The SMILES string of the molecule is Cc1nc(Nc2cccc(Br)c2)cc(Nc2ccc3c(c2)OCO3)n1. The highest BCUT2D eigenvalue weighted by Gasteiger charge is 2.13. The molecule has 2 aromatic carbocycles. The van der Waals surface area contributed by atoms with E-state index in [1.54, 1.807) is 0 Å². The molecule has 2 heterocycles. The van der Waals surface area contributed by atoms with Crippen molar-refractivity contribution >= 4 is 38.9 Å². The second kappa shape index (κ2) is 6.60. The largest absolute Gasteiger partial charge is 0.454 e. The molecule has 6 nitrogen and oxygen atoms in total. The van der Waals surface area contributed by atoms with Crippen molar-refractivity contribution in [1.82, 2.24) is 9.97 Å². The smallest absolute Gasteiger partial charge is 0.231 e. The van der Waals surface area contributed by atoms with Crippen LogP contribution in [0, 0.1) is 6.92 Å². The van der Waals surface area contributed by atoms with Crippen LogP contribution in [0.5, 0.6) is 11.5 Å². The first-order valence-corrected chi connectivity index (χ1v) is 8.50. The van der Waals surface area contributed by atoms with Crippen LogP contribution in [0.1, 0.15) is 5.82 Å². The number of ether oxygens (including phenoxy) is 2. The third kappa shape index (κ3) is 3.66. The predicted octanol–water partition coefficient (Wildman–Crippen LogP) is 4.76. The van der Waals surface area contributed by atoms with Crippen molar-refractivity contribution in [1.29, 1.82) is 0 Å². The second-order valence-corrected chi connectivity index (χ2v) is 6.43. The number of aryl methyl sites for hydroxylation is 1. The predicted molar refractivity (Wildman–Crippen MR) is 100 cm³/mol. The minimum absolute atomic E-state index is 0.256. The highest BCUT2D eigenvalue weighted by molar-refractivity contribution is 9.10. The normalized spacial score (nSPS) is 12.1. The molecule has 1 aromatic heterocycles. The van der Waals surface area contributed by atoms with Crippen molar-refractivity contribution in [2.75, 3.05) is 17.4 Å². The number of hydrogen-bond acceptors (Lipinski definition) is 6. The molecular weight excluding hydrogens is 384 g/mol. The van der Waals surface area contributed by atoms with Crippen molar-refractivity contribution < 1.29 is 9.47 Å². The molecule has 0 radical (unpaired) electrons. The van der Waals surface area contributed by atoms with Gasteiger partial charge in [0, 0.05) is 28.0 Å². The first kappa shape index (κ1) is 15.7. The molecule has 0 amide bonds. The highest BCUT2D eigenvalue weighted by Crippen LogP contribution is 2.35. The summed E-state index contributed by atoms with van der Waals surface area (Å²) in [7, 11) is 0. The fraction of sp³-hybridized carbons (Fsp3) is 0.111. The average molecular weight is 399 g/mol. The maximum absolute atomic E-state index is 5.40. The van der Waals surface area contributed by atoms with Crippen LogP contribution in [0.15, 0.2) is 53.0 Å². The van der Waals surface area contributed by atoms with Crippen molar-refractivity contribution in [3.63, 3.8) is 0 Å². The van der Waals surface area contributed by atoms with Crippen LogP contribution in [-0.2, 0) is 0 Å². The summed E-state index contributed by atoms with van der Waals surface area (Å²) in [5, 5.41) is 6.56. The molecule has 0 saturated carbocycles. The summed E-state index contributed by atoms with van der Waals surface area (Å²) < 4.78 is 11.7. The summed E-state index contributed by atoms with van der Waals surface area (Å²) in [6.07, 6.45) is 0. The van der Waals surface area contributed by atoms with Gasteiger partial charge in [-0.05, 0) is 37.3 Å². The molecule has 25 heavy (non-hydrogen) atoms. The Balaban J connectivity index is 1.57. The van der Waals surface area contributed by atoms with E-state index < -0.39 is 0 Å². The number of rotatable bonds is 4. The Kier molecular flexibility index (Phi) is 4.15. The number of fused-ring (bicyclic) bond motifs is 1. The van der Waals surface area contributed by atoms with Gasteiger partial charge in [0.05, 0.1) is 0 Å². The summed E-state index contributed by atoms with van der Waals surface area (Å²) in [5.74, 6) is 3.56. The maximum atomic E-state index is 5.40. The Hall–Kier alpha value is -2.80. The Morgan fingerprint density at radius 3 is 2.36 bits per heavy atom. The van der Waals surface area contributed by atoms with E-state index >= 15 is 0 Å². The summed E-state index contributed by atoms with van der Waals surface area (Å²) in [4.78, 5) is 8.87. The lowest BCUT2D eigenvalue weighted by atomic mass is 10.2. The molecule has 2 N–H and O–H groups in total. The third-order valence-corrected chi connectivity index (χ3v) is 4.07. The first-order valence-electron chi connectivity index (χ1n) is 7.71. The Morgan fingerprint density at radius 2 is 1.60 bits per heavy atom. The van der Waals surface area contributed by atoms with Gasteiger partial charge >= 0.3 is 0 Å². The van der Waals surface area contributed by atoms with Crippen LogP contribution in [0.2, 0.25) is 0 Å². The zero-order valence-electron chi connectivity index (χ0n) is 13.4. The van der Waals surface area contributed by atoms with Crippen LogP contribution in [0.3, 0.4) is 0 Å². The lowest BCUT2D eigenvalue weighted by molar-refractivity contribution is 0.174. The third-order valence-electron chi connectivity index (χ3n) is 3.58. The van der Waals surface area contributed by atoms with Crippen LogP contribution in [-0.4, -0.2) is 16.8 Å². The average Bonchev–Trinajstić information content (AvgIpc) is 3.02. The van der Waals surface area contributed by atoms with E-state index in [-0.39, 0.29) is 6.79 Å². The molecular formula is C18H15BrN4O2. The van der Waals surface area contributed by atoms with Crippen LogP contribution >= 0.6 is 15.9 Å². The minimum atomic E-state index is 0.256. The standard InChI is InChI=1S/C18H15BrN4O2/c1-11-20-17(22-13-4-2-3-12(19)7-13)9-18(21-11)23-14-5-6-15-16(8-14)25-10-24-15/h2-9H,10H2,1H3,(H2,20,21,22,23). The lowest BCUT2D eigenvalue weighted by Crippen LogP contribution is -2.01. The van der Waals surface area contributed by atoms with Gasteiger partial charge in [-0.3, -0.25) is 0 Å². The van der Waals surface area contributed by atoms with E-state index in [1.807, 2.05) is 55.5 Å². The number of nitrogens with zero attached hydrogens (tertiary/aromatic N) is 2. The molecule has 0 atom stereocenters. The molecule has 7 heteroatoms. The molecule has 0 saturated heterocycles. The molecule has 126 valence electrons. The quantitative estimate of drug-likeness (QED) is 0.659. The van der Waals surface area contributed by atoms with Gasteiger partial charge in [-0.15, -0.1) is 0 Å². The van der Waals surface area contributed by atoms with Gasteiger partial charge in [-0.2, -0.15) is 0 Å². The van der Waals surface area contributed by atoms with Crippen molar-refractivity contribution in [3.8, 4) is 11.5 Å². The number of nitrogens with one attached hydrogen (secondary N) is 2. The molecule has 0 spiro atoms. The van der Waals surface area contributed by atoms with E-state index in [4.69, 9.17) is 9.47 Å². The number of halogens is 1. The molecule has 1 aliphatic heterocycles. The van der Waals surface area contributed by atoms with Gasteiger partial charge in [-0.1, -0.05) is 22.0 Å². The summed E-state index contributed by atoms with van der Waals surface area (Å²) in [6, 6.07) is 15.5. The topological polar surface area (TPSA) is 68.3 Å². The Labute approximate surface area is 153 Å². The molecule has 1 aliphatic rings. The summed E-state index contributed by atoms with van der Waals surface area (Å²) in [5.41, 5.74) is 1.82. The monoisotopic (exact) mass is 398 g/mol. The molecule has 0 bridgehead atoms. The Bertz CT molecular complexity index is 933. The van der Waals surface area contributed by atoms with E-state index in [2.05, 4.69) is 36.5 Å². The number of hydrogen-bond donors (Lipinski definition) is 2. The highest BCUT2D eigenvalue weighted by atomic mass is 79.9. The van der Waals surface area contributed by atoms with E-state index in [1.165, 1.54) is 0 Å². The first-order chi connectivity index (χ1) is 12.2. The zero-order valence-corrected chi connectivity index (χ0v) is 15.0. The van der Waals surface area contributed by atoms with Gasteiger partial charge in [0.2, 0.25) is 6.79 Å². The van der Waals surface area contributed by atoms with Gasteiger partial charge in [0.1, 0.15) is 17.5 Å². The number of anilines is 4. The summed E-state index contributed by atoms with van der Waals surface area (Å²) in [6.45, 7) is 2.11. The van der Waals surface area contributed by atoms with Crippen molar-refractivity contribution in [3.05, 3.63) is 58.8 Å². The molecule has 0 fully saturated rings. The van der Waals surface area contributed by atoms with E-state index in [0.29, 0.717) is 17.5 Å².